The number of hydrogen-bond acceptors (Lipinski definition) is 3. The zero-order valence-electron chi connectivity index (χ0n) is 17.7. The van der Waals surface area contributed by atoms with Crippen LogP contribution in [-0.2, 0) is 4.84 Å². The van der Waals surface area contributed by atoms with Crippen LogP contribution in [0.4, 0.5) is 0 Å². The van der Waals surface area contributed by atoms with E-state index in [0.29, 0.717) is 23.9 Å². The molecule has 0 amide bonds. The topological polar surface area (TPSA) is 71.5 Å². The Balaban J connectivity index is 1.45. The fraction of sp³-hybridized carbons (Fsp3) is 0.750. The summed E-state index contributed by atoms with van der Waals surface area (Å²) in [6.07, 6.45) is 13.8. The number of allylic oxidation sites excluding steroid dienone is 3. The minimum Gasteiger partial charge on any atom is -0.396 e. The molecule has 0 aromatic rings. The highest BCUT2D eigenvalue weighted by atomic mass is 16.6. The molecule has 0 bridgehead atoms. The lowest BCUT2D eigenvalue weighted by Crippen LogP contribution is -2.49. The van der Waals surface area contributed by atoms with Crippen LogP contribution in [0.1, 0.15) is 78.1 Å². The molecule has 0 aromatic heterocycles. The van der Waals surface area contributed by atoms with Crippen LogP contribution in [0.5, 0.6) is 0 Å². The molecular weight excluding hydrogens is 346 g/mol. The number of amidine groups is 1. The van der Waals surface area contributed by atoms with Crippen LogP contribution in [0.3, 0.4) is 0 Å². The number of oxime groups is 1. The SMILES string of the molecule is C=C1CCC2C3CCC4=CC(=NOCCCC(=N)N)CC[C@]4(C)C3CC[C@]12C. The van der Waals surface area contributed by atoms with E-state index in [1.807, 2.05) is 0 Å². The summed E-state index contributed by atoms with van der Waals surface area (Å²) in [5.41, 5.74) is 10.4. The van der Waals surface area contributed by atoms with Crippen LogP contribution in [0.15, 0.2) is 29.0 Å². The summed E-state index contributed by atoms with van der Waals surface area (Å²) in [4.78, 5) is 5.51. The maximum absolute atomic E-state index is 7.26. The predicted octanol–water partition coefficient (Wildman–Crippen LogP) is 5.59. The summed E-state index contributed by atoms with van der Waals surface area (Å²) in [7, 11) is 0. The summed E-state index contributed by atoms with van der Waals surface area (Å²) >= 11 is 0. The van der Waals surface area contributed by atoms with Crippen molar-refractivity contribution in [2.45, 2.75) is 78.1 Å². The van der Waals surface area contributed by atoms with Crippen LogP contribution in [-0.4, -0.2) is 18.2 Å². The van der Waals surface area contributed by atoms with Gasteiger partial charge in [-0.15, -0.1) is 0 Å². The van der Waals surface area contributed by atoms with Crippen LogP contribution < -0.4 is 5.73 Å². The minimum atomic E-state index is 0.220. The van der Waals surface area contributed by atoms with Gasteiger partial charge in [-0.05, 0) is 92.4 Å². The summed E-state index contributed by atoms with van der Waals surface area (Å²) in [5.74, 6) is 2.78. The van der Waals surface area contributed by atoms with Gasteiger partial charge in [-0.3, -0.25) is 5.41 Å². The van der Waals surface area contributed by atoms with E-state index in [4.69, 9.17) is 16.0 Å². The second-order valence-electron chi connectivity index (χ2n) is 10.1. The lowest BCUT2D eigenvalue weighted by Gasteiger charge is -2.57. The van der Waals surface area contributed by atoms with Gasteiger partial charge >= 0.3 is 0 Å². The number of fused-ring (bicyclic) bond motifs is 5. The van der Waals surface area contributed by atoms with Gasteiger partial charge in [0, 0.05) is 6.42 Å². The van der Waals surface area contributed by atoms with E-state index >= 15 is 0 Å². The average Bonchev–Trinajstić information content (AvgIpc) is 2.96. The molecule has 0 spiro atoms. The summed E-state index contributed by atoms with van der Waals surface area (Å²) in [6, 6.07) is 0. The lowest BCUT2D eigenvalue weighted by atomic mass is 9.47. The quantitative estimate of drug-likeness (QED) is 0.213. The first-order chi connectivity index (χ1) is 13.3. The predicted molar refractivity (Wildman–Crippen MR) is 115 cm³/mol. The van der Waals surface area contributed by atoms with Crippen molar-refractivity contribution in [3.8, 4) is 0 Å². The molecule has 0 saturated heterocycles. The molecule has 4 aliphatic rings. The Morgan fingerprint density at radius 3 is 2.75 bits per heavy atom. The van der Waals surface area contributed by atoms with Crippen LogP contribution in [0.2, 0.25) is 0 Å². The van der Waals surface area contributed by atoms with Gasteiger partial charge in [0.25, 0.3) is 0 Å². The number of nitrogens with one attached hydrogen (secondary N) is 1. The Bertz CT molecular complexity index is 723. The highest BCUT2D eigenvalue weighted by Crippen LogP contribution is 2.66. The van der Waals surface area contributed by atoms with Crippen molar-refractivity contribution < 1.29 is 4.84 Å². The van der Waals surface area contributed by atoms with Crippen LogP contribution >= 0.6 is 0 Å². The Kier molecular flexibility index (Phi) is 5.18. The van der Waals surface area contributed by atoms with Crippen molar-refractivity contribution in [2.24, 2.45) is 39.5 Å². The molecule has 0 radical (unpaired) electrons. The van der Waals surface area contributed by atoms with Crippen molar-refractivity contribution >= 4 is 11.5 Å². The minimum absolute atomic E-state index is 0.220. The first kappa shape index (κ1) is 19.7. The van der Waals surface area contributed by atoms with Gasteiger partial charge in [0.1, 0.15) is 6.61 Å². The van der Waals surface area contributed by atoms with E-state index in [9.17, 15) is 0 Å². The molecule has 28 heavy (non-hydrogen) atoms. The number of nitrogens with two attached hydrogens (primary N) is 1. The molecule has 154 valence electrons. The lowest BCUT2D eigenvalue weighted by molar-refractivity contribution is -0.0226. The van der Waals surface area contributed by atoms with Crippen molar-refractivity contribution in [2.75, 3.05) is 6.61 Å². The standard InChI is InChI=1S/C24H37N3O/c1-16-6-9-20-19-8-7-17-15-18(27-28-14-4-5-22(25)26)10-12-24(17,3)21(19)11-13-23(16,20)2/h15,19-21H,1,4-14H2,2-3H3,(H3,25,26)/t19?,20?,21?,23-,24+/m1/s1. The molecule has 0 aliphatic heterocycles. The second-order valence-corrected chi connectivity index (χ2v) is 10.1. The van der Waals surface area contributed by atoms with Gasteiger partial charge in [0.05, 0.1) is 11.5 Å². The van der Waals surface area contributed by atoms with Gasteiger partial charge < -0.3 is 10.6 Å². The van der Waals surface area contributed by atoms with Gasteiger partial charge in [-0.1, -0.05) is 36.7 Å². The third kappa shape index (κ3) is 3.23. The van der Waals surface area contributed by atoms with Crippen LogP contribution in [0.25, 0.3) is 0 Å². The number of hydrogen-bond donors (Lipinski definition) is 2. The molecule has 3 unspecified atom stereocenters. The molecule has 3 N–H and O–H groups in total. The monoisotopic (exact) mass is 383 g/mol. The smallest absolute Gasteiger partial charge is 0.117 e. The average molecular weight is 384 g/mol. The van der Waals surface area contributed by atoms with E-state index in [1.165, 1.54) is 50.5 Å². The maximum Gasteiger partial charge on any atom is 0.117 e. The summed E-state index contributed by atoms with van der Waals surface area (Å²) < 4.78 is 0. The van der Waals surface area contributed by atoms with E-state index < -0.39 is 0 Å². The molecule has 3 fully saturated rings. The molecular formula is C24H37N3O. The Hall–Kier alpha value is -1.58. The van der Waals surface area contributed by atoms with E-state index in [-0.39, 0.29) is 5.84 Å². The molecule has 4 rings (SSSR count). The van der Waals surface area contributed by atoms with Gasteiger partial charge in [0.15, 0.2) is 0 Å². The van der Waals surface area contributed by atoms with Crippen LogP contribution in [0, 0.1) is 34.0 Å². The first-order valence-corrected chi connectivity index (χ1v) is 11.3. The molecule has 4 nitrogen and oxygen atoms in total. The molecule has 0 aromatic carbocycles. The Morgan fingerprint density at radius 1 is 1.18 bits per heavy atom. The van der Waals surface area contributed by atoms with Crippen molar-refractivity contribution in [3.05, 3.63) is 23.8 Å². The third-order valence-corrected chi connectivity index (χ3v) is 8.80. The van der Waals surface area contributed by atoms with Crippen molar-refractivity contribution in [1.29, 1.82) is 5.41 Å². The number of rotatable bonds is 5. The molecule has 0 heterocycles. The molecule has 3 saturated carbocycles. The van der Waals surface area contributed by atoms with Gasteiger partial charge in [-0.25, -0.2) is 0 Å². The summed E-state index contributed by atoms with van der Waals surface area (Å²) in [5, 5.41) is 11.7. The second kappa shape index (κ2) is 7.35. The normalized spacial score (nSPS) is 41.1. The van der Waals surface area contributed by atoms with Gasteiger partial charge in [-0.2, -0.15) is 0 Å². The fourth-order valence-corrected chi connectivity index (χ4v) is 7.01. The van der Waals surface area contributed by atoms with E-state index in [0.717, 1.165) is 36.3 Å². The van der Waals surface area contributed by atoms with Gasteiger partial charge in [0.2, 0.25) is 0 Å². The maximum atomic E-state index is 7.26. The molecule has 4 heteroatoms. The van der Waals surface area contributed by atoms with E-state index in [1.54, 1.807) is 5.57 Å². The van der Waals surface area contributed by atoms with E-state index in [2.05, 4.69) is 31.7 Å². The highest BCUT2D eigenvalue weighted by molar-refractivity contribution is 5.96. The first-order valence-electron chi connectivity index (χ1n) is 11.3. The Morgan fingerprint density at radius 2 is 1.96 bits per heavy atom. The Labute approximate surface area is 170 Å². The fourth-order valence-electron chi connectivity index (χ4n) is 7.01. The third-order valence-electron chi connectivity index (χ3n) is 8.80. The van der Waals surface area contributed by atoms with Crippen molar-refractivity contribution in [1.82, 2.24) is 0 Å². The zero-order valence-corrected chi connectivity index (χ0v) is 17.7. The molecule has 5 atom stereocenters. The van der Waals surface area contributed by atoms with Crippen molar-refractivity contribution in [3.63, 3.8) is 0 Å². The largest absolute Gasteiger partial charge is 0.396 e. The number of nitrogens with zero attached hydrogens (tertiary/aromatic N) is 1. The summed E-state index contributed by atoms with van der Waals surface area (Å²) in [6.45, 7) is 10.0. The molecule has 4 aliphatic carbocycles. The highest BCUT2D eigenvalue weighted by Gasteiger charge is 2.57. The zero-order chi connectivity index (χ0) is 19.9.